The largest absolute Gasteiger partial charge is 0.460 e. The Bertz CT molecular complexity index is 225. The smallest absolute Gasteiger partial charge is 0.374 e. The average molecular weight is 240 g/mol. The molecule has 1 saturated heterocycles. The van der Waals surface area contributed by atoms with Crippen molar-refractivity contribution >= 4 is 0 Å². The molecular formula is C10H19F3N2O. The van der Waals surface area contributed by atoms with Crippen molar-refractivity contribution in [3.63, 3.8) is 0 Å². The molecular weight excluding hydrogens is 221 g/mol. The van der Waals surface area contributed by atoms with E-state index < -0.39 is 12.4 Å². The first-order valence-electron chi connectivity index (χ1n) is 5.37. The van der Waals surface area contributed by atoms with E-state index in [2.05, 4.69) is 5.32 Å². The van der Waals surface area contributed by atoms with Gasteiger partial charge in [0.2, 0.25) is 0 Å². The van der Waals surface area contributed by atoms with Crippen molar-refractivity contribution < 1.29 is 17.9 Å². The molecule has 0 bridgehead atoms. The number of nitrogens with zero attached hydrogens (tertiary/aromatic N) is 1. The van der Waals surface area contributed by atoms with Crippen LogP contribution in [0.3, 0.4) is 0 Å². The van der Waals surface area contributed by atoms with Gasteiger partial charge in [0.25, 0.3) is 0 Å². The number of hydrogen-bond donors (Lipinski definition) is 1. The minimum atomic E-state index is -4.25. The van der Waals surface area contributed by atoms with Gasteiger partial charge in [-0.15, -0.1) is 0 Å². The Kier molecular flexibility index (Phi) is 4.20. The summed E-state index contributed by atoms with van der Waals surface area (Å²) in [6, 6.07) is 0. The minimum absolute atomic E-state index is 0.0739. The van der Waals surface area contributed by atoms with Crippen molar-refractivity contribution in [1.82, 2.24) is 10.2 Å². The van der Waals surface area contributed by atoms with Gasteiger partial charge in [-0.2, -0.15) is 13.2 Å². The summed E-state index contributed by atoms with van der Waals surface area (Å²) in [5.74, 6) is 0. The summed E-state index contributed by atoms with van der Waals surface area (Å²) in [4.78, 5) is 0.505. The second-order valence-corrected chi connectivity index (χ2v) is 5.04. The fourth-order valence-electron chi connectivity index (χ4n) is 1.49. The van der Waals surface area contributed by atoms with Crippen LogP contribution in [0.25, 0.3) is 0 Å². The van der Waals surface area contributed by atoms with E-state index >= 15 is 0 Å². The summed E-state index contributed by atoms with van der Waals surface area (Å²) < 4.78 is 42.6. The summed E-state index contributed by atoms with van der Waals surface area (Å²) in [7, 11) is 0. The van der Waals surface area contributed by atoms with Gasteiger partial charge in [-0.05, 0) is 20.8 Å². The quantitative estimate of drug-likeness (QED) is 0.742. The highest BCUT2D eigenvalue weighted by atomic mass is 19.4. The number of morpholine rings is 1. The number of ether oxygens (including phenoxy) is 1. The molecule has 1 rings (SSSR count). The van der Waals surface area contributed by atoms with Crippen LogP contribution in [0.5, 0.6) is 0 Å². The van der Waals surface area contributed by atoms with Crippen LogP contribution in [0.1, 0.15) is 20.8 Å². The van der Waals surface area contributed by atoms with Crippen LogP contribution < -0.4 is 5.32 Å². The molecule has 0 aromatic carbocycles. The Morgan fingerprint density at radius 2 is 1.94 bits per heavy atom. The van der Waals surface area contributed by atoms with Crippen LogP contribution in [0.2, 0.25) is 0 Å². The van der Waals surface area contributed by atoms with Crippen LogP contribution in [-0.4, -0.2) is 49.1 Å². The monoisotopic (exact) mass is 240 g/mol. The molecule has 1 atom stereocenters. The maximum atomic E-state index is 12.4. The van der Waals surface area contributed by atoms with Crippen molar-refractivity contribution in [2.75, 3.05) is 26.2 Å². The maximum Gasteiger partial charge on any atom is 0.460 e. The number of rotatable bonds is 2. The van der Waals surface area contributed by atoms with Crippen molar-refractivity contribution in [3.05, 3.63) is 0 Å². The maximum absolute atomic E-state index is 12.4. The molecule has 6 heteroatoms. The Morgan fingerprint density at radius 1 is 1.31 bits per heavy atom. The van der Waals surface area contributed by atoms with Crippen molar-refractivity contribution in [3.8, 4) is 0 Å². The number of hydrogen-bond acceptors (Lipinski definition) is 3. The van der Waals surface area contributed by atoms with Crippen molar-refractivity contribution in [1.29, 1.82) is 0 Å². The van der Waals surface area contributed by atoms with Gasteiger partial charge >= 0.3 is 6.30 Å². The molecule has 1 aliphatic heterocycles. The molecule has 96 valence electrons. The zero-order chi connectivity index (χ0) is 12.4. The van der Waals surface area contributed by atoms with E-state index in [0.29, 0.717) is 11.4 Å². The predicted octanol–water partition coefficient (Wildman–Crippen LogP) is 1.60. The third-order valence-electron chi connectivity index (χ3n) is 2.36. The number of nitrogens with one attached hydrogen (secondary N) is 1. The SMILES string of the molecule is CC(C)(C)NC[C@H]1CN(C(F)(F)F)CCO1. The molecule has 1 aliphatic rings. The van der Waals surface area contributed by atoms with E-state index in [-0.39, 0.29) is 25.2 Å². The number of alkyl halides is 3. The van der Waals surface area contributed by atoms with Gasteiger partial charge in [0.1, 0.15) is 0 Å². The molecule has 1 fully saturated rings. The molecule has 0 aromatic heterocycles. The van der Waals surface area contributed by atoms with Crippen molar-refractivity contribution in [2.45, 2.75) is 38.7 Å². The molecule has 3 nitrogen and oxygen atoms in total. The average Bonchev–Trinajstić information content (AvgIpc) is 2.13. The molecule has 16 heavy (non-hydrogen) atoms. The second-order valence-electron chi connectivity index (χ2n) is 5.04. The Balaban J connectivity index is 2.39. The highest BCUT2D eigenvalue weighted by Gasteiger charge is 2.40. The molecule has 0 unspecified atom stereocenters. The van der Waals surface area contributed by atoms with Gasteiger partial charge in [-0.25, -0.2) is 4.90 Å². The van der Waals surface area contributed by atoms with E-state index in [4.69, 9.17) is 4.74 Å². The molecule has 0 aliphatic carbocycles. The van der Waals surface area contributed by atoms with E-state index in [0.717, 1.165) is 0 Å². The van der Waals surface area contributed by atoms with Gasteiger partial charge in [0, 0.05) is 25.2 Å². The lowest BCUT2D eigenvalue weighted by Gasteiger charge is -2.35. The first-order valence-corrected chi connectivity index (χ1v) is 5.37. The molecule has 0 spiro atoms. The lowest BCUT2D eigenvalue weighted by Crippen LogP contribution is -2.53. The lowest BCUT2D eigenvalue weighted by atomic mass is 10.1. The summed E-state index contributed by atoms with van der Waals surface area (Å²) in [5, 5.41) is 3.14. The van der Waals surface area contributed by atoms with Gasteiger partial charge in [0.15, 0.2) is 0 Å². The Hall–Kier alpha value is -0.330. The van der Waals surface area contributed by atoms with Gasteiger partial charge in [-0.1, -0.05) is 0 Å². The van der Waals surface area contributed by atoms with Crippen LogP contribution in [-0.2, 0) is 4.74 Å². The van der Waals surface area contributed by atoms with Crippen LogP contribution >= 0.6 is 0 Å². The normalized spacial score (nSPS) is 24.8. The van der Waals surface area contributed by atoms with E-state index in [1.165, 1.54) is 0 Å². The molecule has 0 amide bonds. The third kappa shape index (κ3) is 4.67. The summed E-state index contributed by atoms with van der Waals surface area (Å²) in [6.45, 7) is 6.32. The van der Waals surface area contributed by atoms with Crippen molar-refractivity contribution in [2.24, 2.45) is 0 Å². The third-order valence-corrected chi connectivity index (χ3v) is 2.36. The zero-order valence-corrected chi connectivity index (χ0v) is 9.90. The predicted molar refractivity (Wildman–Crippen MR) is 55.1 cm³/mol. The fourth-order valence-corrected chi connectivity index (χ4v) is 1.49. The van der Waals surface area contributed by atoms with E-state index in [9.17, 15) is 13.2 Å². The summed E-state index contributed by atoms with van der Waals surface area (Å²) in [6.07, 6.45) is -4.64. The second kappa shape index (κ2) is 4.89. The molecule has 1 heterocycles. The van der Waals surface area contributed by atoms with Gasteiger partial charge < -0.3 is 10.1 Å². The highest BCUT2D eigenvalue weighted by Crippen LogP contribution is 2.23. The standard InChI is InChI=1S/C10H19F3N2O/c1-9(2,3)14-6-8-7-15(4-5-16-8)10(11,12)13/h8,14H,4-7H2,1-3H3/t8-/m0/s1. The zero-order valence-electron chi connectivity index (χ0n) is 9.90. The van der Waals surface area contributed by atoms with Crippen LogP contribution in [0.15, 0.2) is 0 Å². The minimum Gasteiger partial charge on any atom is -0.374 e. The number of halogens is 3. The topological polar surface area (TPSA) is 24.5 Å². The highest BCUT2D eigenvalue weighted by molar-refractivity contribution is 4.78. The lowest BCUT2D eigenvalue weighted by molar-refractivity contribution is -0.266. The molecule has 0 aromatic rings. The first kappa shape index (κ1) is 13.7. The van der Waals surface area contributed by atoms with Gasteiger partial charge in [0.05, 0.1) is 12.7 Å². The molecule has 0 radical (unpaired) electrons. The summed E-state index contributed by atoms with van der Waals surface area (Å²) in [5.41, 5.74) is -0.107. The first-order chi connectivity index (χ1) is 7.18. The van der Waals surface area contributed by atoms with Gasteiger partial charge in [-0.3, -0.25) is 0 Å². The Morgan fingerprint density at radius 3 is 2.44 bits per heavy atom. The Labute approximate surface area is 93.9 Å². The van der Waals surface area contributed by atoms with Crippen LogP contribution in [0.4, 0.5) is 13.2 Å². The fraction of sp³-hybridized carbons (Fsp3) is 1.00. The van der Waals surface area contributed by atoms with Crippen LogP contribution in [0, 0.1) is 0 Å². The van der Waals surface area contributed by atoms with E-state index in [1.54, 1.807) is 0 Å². The van der Waals surface area contributed by atoms with E-state index in [1.807, 2.05) is 20.8 Å². The summed E-state index contributed by atoms with van der Waals surface area (Å²) >= 11 is 0. The molecule has 0 saturated carbocycles. The molecule has 1 N–H and O–H groups in total.